The highest BCUT2D eigenvalue weighted by Crippen LogP contribution is 2.25. The highest BCUT2D eigenvalue weighted by atomic mass is 32.2. The minimum Gasteiger partial charge on any atom is -0.465 e. The van der Waals surface area contributed by atoms with E-state index in [4.69, 9.17) is 10.5 Å². The first-order valence-corrected chi connectivity index (χ1v) is 6.74. The zero-order valence-electron chi connectivity index (χ0n) is 9.62. The molecule has 18 heavy (non-hydrogen) atoms. The van der Waals surface area contributed by atoms with Crippen molar-refractivity contribution >= 4 is 29.5 Å². The van der Waals surface area contributed by atoms with Gasteiger partial charge in [-0.25, -0.2) is 4.79 Å². The number of benzene rings is 1. The molecule has 0 N–H and O–H groups in total. The molecule has 0 aliphatic carbocycles. The Morgan fingerprint density at radius 1 is 1.28 bits per heavy atom. The van der Waals surface area contributed by atoms with Crippen molar-refractivity contribution in [2.24, 2.45) is 0 Å². The molecule has 0 spiro atoms. The van der Waals surface area contributed by atoms with E-state index >= 15 is 0 Å². The largest absolute Gasteiger partial charge is 0.465 e. The number of rotatable bonds is 5. The molecular formula is C12H10N2O2S2. The second kappa shape index (κ2) is 7.65. The van der Waals surface area contributed by atoms with Gasteiger partial charge in [-0.05, 0) is 47.6 Å². The van der Waals surface area contributed by atoms with Crippen LogP contribution in [0.3, 0.4) is 0 Å². The number of thioether (sulfide) groups is 2. The number of nitrogens with zero attached hydrogens (tertiary/aromatic N) is 2. The third-order valence-electron chi connectivity index (χ3n) is 2.15. The summed E-state index contributed by atoms with van der Waals surface area (Å²) in [6.07, 6.45) is 0.595. The van der Waals surface area contributed by atoms with Gasteiger partial charge in [0, 0.05) is 0 Å². The Morgan fingerprint density at radius 2 is 1.83 bits per heavy atom. The van der Waals surface area contributed by atoms with Crippen molar-refractivity contribution in [2.75, 3.05) is 7.11 Å². The van der Waals surface area contributed by atoms with Gasteiger partial charge in [-0.2, -0.15) is 10.5 Å². The van der Waals surface area contributed by atoms with Gasteiger partial charge in [0.2, 0.25) is 0 Å². The molecule has 1 aromatic carbocycles. The SMILES string of the molecule is COC(=O)c1ccc(CC(SC#N)SC#N)cc1. The Bertz CT molecular complexity index is 472. The molecule has 0 saturated heterocycles. The van der Waals surface area contributed by atoms with Crippen LogP contribution in [0.2, 0.25) is 0 Å². The van der Waals surface area contributed by atoms with E-state index in [1.165, 1.54) is 7.11 Å². The van der Waals surface area contributed by atoms with E-state index < -0.39 is 0 Å². The fourth-order valence-corrected chi connectivity index (χ4v) is 2.55. The molecule has 0 amide bonds. The van der Waals surface area contributed by atoms with Crippen LogP contribution in [0, 0.1) is 21.3 Å². The van der Waals surface area contributed by atoms with E-state index in [9.17, 15) is 4.79 Å². The van der Waals surface area contributed by atoms with Gasteiger partial charge >= 0.3 is 5.97 Å². The number of carbonyl (C=O) groups is 1. The summed E-state index contributed by atoms with van der Waals surface area (Å²) in [5.41, 5.74) is 1.46. The Kier molecular flexibility index (Phi) is 6.13. The number of methoxy groups -OCH3 is 1. The van der Waals surface area contributed by atoms with Gasteiger partial charge in [0.1, 0.15) is 10.8 Å². The Morgan fingerprint density at radius 3 is 2.28 bits per heavy atom. The van der Waals surface area contributed by atoms with Crippen molar-refractivity contribution in [1.82, 2.24) is 0 Å². The fraction of sp³-hybridized carbons (Fsp3) is 0.250. The van der Waals surface area contributed by atoms with Crippen LogP contribution in [0.15, 0.2) is 24.3 Å². The highest BCUT2D eigenvalue weighted by molar-refractivity contribution is 8.21. The molecule has 0 unspecified atom stereocenters. The van der Waals surface area contributed by atoms with E-state index in [0.717, 1.165) is 29.1 Å². The van der Waals surface area contributed by atoms with E-state index in [1.807, 2.05) is 10.8 Å². The molecular weight excluding hydrogens is 268 g/mol. The molecule has 0 aliphatic heterocycles. The lowest BCUT2D eigenvalue weighted by molar-refractivity contribution is 0.0600. The lowest BCUT2D eigenvalue weighted by atomic mass is 10.1. The predicted octanol–water partition coefficient (Wildman–Crippen LogP) is 2.77. The lowest BCUT2D eigenvalue weighted by Crippen LogP contribution is -2.03. The van der Waals surface area contributed by atoms with Gasteiger partial charge in [0.05, 0.1) is 17.3 Å². The van der Waals surface area contributed by atoms with Crippen LogP contribution in [0.4, 0.5) is 0 Å². The maximum absolute atomic E-state index is 11.2. The predicted molar refractivity (Wildman–Crippen MR) is 71.7 cm³/mol. The van der Waals surface area contributed by atoms with Gasteiger partial charge in [0.25, 0.3) is 0 Å². The topological polar surface area (TPSA) is 73.9 Å². The van der Waals surface area contributed by atoms with Gasteiger partial charge < -0.3 is 4.74 Å². The Labute approximate surface area is 114 Å². The van der Waals surface area contributed by atoms with Gasteiger partial charge in [-0.3, -0.25) is 0 Å². The van der Waals surface area contributed by atoms with Gasteiger partial charge in [-0.15, -0.1) is 0 Å². The summed E-state index contributed by atoms with van der Waals surface area (Å²) < 4.78 is 4.48. The average Bonchev–Trinajstić information content (AvgIpc) is 2.39. The molecule has 0 aromatic heterocycles. The second-order valence-corrected chi connectivity index (χ2v) is 5.51. The van der Waals surface area contributed by atoms with Crippen LogP contribution in [0.25, 0.3) is 0 Å². The summed E-state index contributed by atoms with van der Waals surface area (Å²) in [6, 6.07) is 6.95. The summed E-state index contributed by atoms with van der Waals surface area (Å²) in [5, 5.41) is 21.2. The van der Waals surface area contributed by atoms with Crippen molar-refractivity contribution in [1.29, 1.82) is 10.5 Å². The first-order valence-electron chi connectivity index (χ1n) is 4.98. The molecule has 0 aliphatic rings. The monoisotopic (exact) mass is 278 g/mol. The molecule has 0 heterocycles. The normalized spacial score (nSPS) is 9.56. The second-order valence-electron chi connectivity index (χ2n) is 3.24. The van der Waals surface area contributed by atoms with E-state index in [-0.39, 0.29) is 10.6 Å². The van der Waals surface area contributed by atoms with Crippen LogP contribution in [-0.2, 0) is 11.2 Å². The Hall–Kier alpha value is -1.63. The minimum atomic E-state index is -0.379. The third-order valence-corrected chi connectivity index (χ3v) is 3.79. The number of nitriles is 2. The molecule has 1 rings (SSSR count). The smallest absolute Gasteiger partial charge is 0.337 e. The quantitative estimate of drug-likeness (QED) is 0.468. The van der Waals surface area contributed by atoms with Crippen molar-refractivity contribution < 1.29 is 9.53 Å². The molecule has 0 bridgehead atoms. The van der Waals surface area contributed by atoms with Crippen molar-refractivity contribution in [2.45, 2.75) is 11.0 Å². The summed E-state index contributed by atoms with van der Waals surface area (Å²) in [6.45, 7) is 0. The summed E-state index contributed by atoms with van der Waals surface area (Å²) in [5.74, 6) is -0.379. The molecule has 0 saturated carbocycles. The Balaban J connectivity index is 2.71. The van der Waals surface area contributed by atoms with E-state index in [0.29, 0.717) is 12.0 Å². The average molecular weight is 278 g/mol. The zero-order valence-corrected chi connectivity index (χ0v) is 11.3. The summed E-state index contributed by atoms with van der Waals surface area (Å²) in [7, 11) is 1.33. The van der Waals surface area contributed by atoms with Crippen LogP contribution < -0.4 is 0 Å². The molecule has 1 aromatic rings. The maximum atomic E-state index is 11.2. The minimum absolute atomic E-state index is 0.121. The fourth-order valence-electron chi connectivity index (χ4n) is 1.31. The van der Waals surface area contributed by atoms with Crippen LogP contribution in [0.5, 0.6) is 0 Å². The number of hydrogen-bond acceptors (Lipinski definition) is 6. The standard InChI is InChI=1S/C12H10N2O2S2/c1-16-12(15)10-4-2-9(3-5-10)6-11(17-7-13)18-8-14/h2-5,11H,6H2,1H3. The third kappa shape index (κ3) is 4.33. The highest BCUT2D eigenvalue weighted by Gasteiger charge is 2.12. The number of esters is 1. The number of carbonyl (C=O) groups excluding carboxylic acids is 1. The number of ether oxygens (including phenoxy) is 1. The molecule has 4 nitrogen and oxygen atoms in total. The maximum Gasteiger partial charge on any atom is 0.337 e. The van der Waals surface area contributed by atoms with E-state index in [2.05, 4.69) is 4.74 Å². The van der Waals surface area contributed by atoms with Gasteiger partial charge in [0.15, 0.2) is 0 Å². The van der Waals surface area contributed by atoms with Gasteiger partial charge in [-0.1, -0.05) is 12.1 Å². The zero-order chi connectivity index (χ0) is 13.4. The molecule has 0 fully saturated rings. The number of thiocyanates is 2. The molecule has 92 valence electrons. The lowest BCUT2D eigenvalue weighted by Gasteiger charge is -2.08. The van der Waals surface area contributed by atoms with Crippen LogP contribution in [-0.4, -0.2) is 17.7 Å². The van der Waals surface area contributed by atoms with Crippen molar-refractivity contribution in [3.8, 4) is 10.8 Å². The number of hydrogen-bond donors (Lipinski definition) is 0. The van der Waals surface area contributed by atoms with E-state index in [1.54, 1.807) is 24.3 Å². The molecule has 0 atom stereocenters. The molecule has 6 heteroatoms. The molecule has 0 radical (unpaired) electrons. The summed E-state index contributed by atoms with van der Waals surface area (Å²) in [4.78, 5) is 11.2. The van der Waals surface area contributed by atoms with Crippen molar-refractivity contribution in [3.05, 3.63) is 35.4 Å². The first-order chi connectivity index (χ1) is 8.71. The van der Waals surface area contributed by atoms with Crippen molar-refractivity contribution in [3.63, 3.8) is 0 Å². The first kappa shape index (κ1) is 14.4. The van der Waals surface area contributed by atoms with Crippen LogP contribution >= 0.6 is 23.5 Å². The summed E-state index contributed by atoms with van der Waals surface area (Å²) >= 11 is 2.13. The van der Waals surface area contributed by atoms with Crippen LogP contribution in [0.1, 0.15) is 15.9 Å².